The Bertz CT molecular complexity index is 818. The fraction of sp³-hybridized carbons (Fsp3) is 0.211. The number of hydrazone groups is 1. The van der Waals surface area contributed by atoms with Gasteiger partial charge in [0.2, 0.25) is 11.8 Å². The van der Waals surface area contributed by atoms with Crippen molar-refractivity contribution in [1.29, 1.82) is 0 Å². The number of hydrogen-bond acceptors (Lipinski definition) is 3. The van der Waals surface area contributed by atoms with Crippen LogP contribution in [-0.2, 0) is 9.59 Å². The van der Waals surface area contributed by atoms with E-state index in [0.29, 0.717) is 6.54 Å². The van der Waals surface area contributed by atoms with Crippen LogP contribution in [-0.4, -0.2) is 24.6 Å². The van der Waals surface area contributed by atoms with Gasteiger partial charge in [-0.2, -0.15) is 5.10 Å². The van der Waals surface area contributed by atoms with E-state index in [1.165, 1.54) is 0 Å². The number of carbonyl (C=O) groups is 2. The van der Waals surface area contributed by atoms with Gasteiger partial charge in [0.15, 0.2) is 0 Å². The first kappa shape index (κ1) is 17.4. The van der Waals surface area contributed by atoms with Crippen LogP contribution in [0.5, 0.6) is 0 Å². The SMILES string of the molecule is Cc1ccccc1N1CC(C(=O)N/N=C\c2ccc(Br)cc2)CC1=O. The molecule has 0 radical (unpaired) electrons. The number of benzene rings is 2. The van der Waals surface area contributed by atoms with E-state index in [9.17, 15) is 9.59 Å². The average molecular weight is 400 g/mol. The molecule has 0 aromatic heterocycles. The van der Waals surface area contributed by atoms with E-state index < -0.39 is 5.92 Å². The van der Waals surface area contributed by atoms with Crippen molar-refractivity contribution < 1.29 is 9.59 Å². The number of hydrogen-bond donors (Lipinski definition) is 1. The zero-order valence-corrected chi connectivity index (χ0v) is 15.4. The van der Waals surface area contributed by atoms with Gasteiger partial charge in [-0.25, -0.2) is 5.43 Å². The van der Waals surface area contributed by atoms with E-state index in [-0.39, 0.29) is 18.2 Å². The number of rotatable bonds is 4. The molecule has 1 heterocycles. The second kappa shape index (κ2) is 7.61. The molecule has 25 heavy (non-hydrogen) atoms. The van der Waals surface area contributed by atoms with Crippen LogP contribution in [0.25, 0.3) is 0 Å². The first-order chi connectivity index (χ1) is 12.0. The summed E-state index contributed by atoms with van der Waals surface area (Å²) in [6.45, 7) is 2.34. The number of carbonyl (C=O) groups excluding carboxylic acids is 2. The molecule has 6 heteroatoms. The molecule has 0 spiro atoms. The molecule has 0 bridgehead atoms. The van der Waals surface area contributed by atoms with Crippen molar-refractivity contribution in [3.05, 3.63) is 64.1 Å². The molecule has 1 N–H and O–H groups in total. The molecule has 5 nitrogen and oxygen atoms in total. The Morgan fingerprint density at radius 3 is 2.68 bits per heavy atom. The summed E-state index contributed by atoms with van der Waals surface area (Å²) in [6.07, 6.45) is 1.79. The molecular formula is C19H18BrN3O2. The highest BCUT2D eigenvalue weighted by Gasteiger charge is 2.35. The smallest absolute Gasteiger partial charge is 0.245 e. The molecular weight excluding hydrogens is 382 g/mol. The Morgan fingerprint density at radius 1 is 1.24 bits per heavy atom. The van der Waals surface area contributed by atoms with Gasteiger partial charge in [-0.15, -0.1) is 0 Å². The lowest BCUT2D eigenvalue weighted by Gasteiger charge is -2.18. The van der Waals surface area contributed by atoms with Crippen molar-refractivity contribution >= 4 is 39.6 Å². The number of nitrogens with zero attached hydrogens (tertiary/aromatic N) is 2. The summed E-state index contributed by atoms with van der Waals surface area (Å²) in [6, 6.07) is 15.3. The van der Waals surface area contributed by atoms with Crippen LogP contribution in [0.15, 0.2) is 58.1 Å². The molecule has 1 atom stereocenters. The Morgan fingerprint density at radius 2 is 1.96 bits per heavy atom. The van der Waals surface area contributed by atoms with Gasteiger partial charge in [0.05, 0.1) is 12.1 Å². The van der Waals surface area contributed by atoms with E-state index in [0.717, 1.165) is 21.3 Å². The molecule has 2 amide bonds. The normalized spacial score (nSPS) is 17.3. The van der Waals surface area contributed by atoms with E-state index in [4.69, 9.17) is 0 Å². The van der Waals surface area contributed by atoms with Crippen LogP contribution in [0.1, 0.15) is 17.5 Å². The van der Waals surface area contributed by atoms with Gasteiger partial charge in [-0.05, 0) is 36.2 Å². The Hall–Kier alpha value is -2.47. The third-order valence-electron chi connectivity index (χ3n) is 4.16. The molecule has 1 aliphatic rings. The van der Waals surface area contributed by atoms with Gasteiger partial charge in [-0.1, -0.05) is 46.3 Å². The summed E-state index contributed by atoms with van der Waals surface area (Å²) in [5.41, 5.74) is 5.30. The fourth-order valence-corrected chi connectivity index (χ4v) is 3.06. The number of halogens is 1. The first-order valence-corrected chi connectivity index (χ1v) is 8.78. The van der Waals surface area contributed by atoms with E-state index in [1.807, 2.05) is 55.5 Å². The highest BCUT2D eigenvalue weighted by atomic mass is 79.9. The van der Waals surface area contributed by atoms with Gasteiger partial charge in [0.1, 0.15) is 0 Å². The van der Waals surface area contributed by atoms with Crippen molar-refractivity contribution in [3.8, 4) is 0 Å². The minimum atomic E-state index is -0.394. The van der Waals surface area contributed by atoms with Crippen LogP contribution in [0.3, 0.4) is 0 Å². The maximum atomic E-state index is 12.3. The Kier molecular flexibility index (Phi) is 5.28. The van der Waals surface area contributed by atoms with Crippen LogP contribution in [0.4, 0.5) is 5.69 Å². The highest BCUT2D eigenvalue weighted by Crippen LogP contribution is 2.27. The molecule has 1 saturated heterocycles. The maximum Gasteiger partial charge on any atom is 0.245 e. The zero-order chi connectivity index (χ0) is 17.8. The van der Waals surface area contributed by atoms with E-state index in [1.54, 1.807) is 11.1 Å². The minimum absolute atomic E-state index is 0.0358. The lowest BCUT2D eigenvalue weighted by molar-refractivity contribution is -0.126. The van der Waals surface area contributed by atoms with Gasteiger partial charge in [-0.3, -0.25) is 9.59 Å². The number of nitrogens with one attached hydrogen (secondary N) is 1. The van der Waals surface area contributed by atoms with Gasteiger partial charge >= 0.3 is 0 Å². The van der Waals surface area contributed by atoms with Crippen molar-refractivity contribution in [3.63, 3.8) is 0 Å². The number of amides is 2. The fourth-order valence-electron chi connectivity index (χ4n) is 2.79. The Labute approximate surface area is 154 Å². The molecule has 2 aromatic rings. The predicted octanol–water partition coefficient (Wildman–Crippen LogP) is 3.26. The lowest BCUT2D eigenvalue weighted by Crippen LogP contribution is -2.30. The Balaban J connectivity index is 1.61. The largest absolute Gasteiger partial charge is 0.311 e. The summed E-state index contributed by atoms with van der Waals surface area (Å²) in [7, 11) is 0. The zero-order valence-electron chi connectivity index (χ0n) is 13.8. The van der Waals surface area contributed by atoms with Gasteiger partial charge < -0.3 is 4.90 Å². The number of para-hydroxylation sites is 1. The lowest BCUT2D eigenvalue weighted by atomic mass is 10.1. The first-order valence-electron chi connectivity index (χ1n) is 7.99. The minimum Gasteiger partial charge on any atom is -0.311 e. The molecule has 3 rings (SSSR count). The average Bonchev–Trinajstić information content (AvgIpc) is 2.99. The molecule has 0 saturated carbocycles. The predicted molar refractivity (Wildman–Crippen MR) is 102 cm³/mol. The molecule has 0 aliphatic carbocycles. The third kappa shape index (κ3) is 4.14. The summed E-state index contributed by atoms with van der Waals surface area (Å²) in [5.74, 6) is -0.668. The molecule has 1 aliphatic heterocycles. The van der Waals surface area contributed by atoms with Crippen molar-refractivity contribution in [2.45, 2.75) is 13.3 Å². The van der Waals surface area contributed by atoms with Gasteiger partial charge in [0, 0.05) is 23.1 Å². The van der Waals surface area contributed by atoms with Crippen LogP contribution >= 0.6 is 15.9 Å². The molecule has 128 valence electrons. The quantitative estimate of drug-likeness (QED) is 0.633. The van der Waals surface area contributed by atoms with Crippen LogP contribution < -0.4 is 10.3 Å². The van der Waals surface area contributed by atoms with Crippen molar-refractivity contribution in [2.24, 2.45) is 11.0 Å². The summed E-state index contributed by atoms with van der Waals surface area (Å²) in [4.78, 5) is 26.2. The third-order valence-corrected chi connectivity index (χ3v) is 4.69. The van der Waals surface area contributed by atoms with Crippen molar-refractivity contribution in [1.82, 2.24) is 5.43 Å². The summed E-state index contributed by atoms with van der Waals surface area (Å²) < 4.78 is 0.981. The topological polar surface area (TPSA) is 61.8 Å². The van der Waals surface area contributed by atoms with Gasteiger partial charge in [0.25, 0.3) is 0 Å². The highest BCUT2D eigenvalue weighted by molar-refractivity contribution is 9.10. The second-order valence-corrected chi connectivity index (χ2v) is 6.89. The maximum absolute atomic E-state index is 12.3. The van der Waals surface area contributed by atoms with Crippen LogP contribution in [0, 0.1) is 12.8 Å². The van der Waals surface area contributed by atoms with E-state index >= 15 is 0 Å². The molecule has 1 unspecified atom stereocenters. The monoisotopic (exact) mass is 399 g/mol. The summed E-state index contributed by atoms with van der Waals surface area (Å²) >= 11 is 3.37. The number of anilines is 1. The standard InChI is InChI=1S/C19H18BrN3O2/c1-13-4-2-3-5-17(13)23-12-15(10-18(23)24)19(25)22-21-11-14-6-8-16(20)9-7-14/h2-9,11,15H,10,12H2,1H3,(H,22,25)/b21-11-. The molecule has 2 aromatic carbocycles. The van der Waals surface area contributed by atoms with E-state index in [2.05, 4.69) is 26.5 Å². The molecule has 1 fully saturated rings. The second-order valence-electron chi connectivity index (χ2n) is 5.98. The summed E-state index contributed by atoms with van der Waals surface area (Å²) in [5, 5.41) is 3.99. The van der Waals surface area contributed by atoms with Crippen LogP contribution in [0.2, 0.25) is 0 Å². The van der Waals surface area contributed by atoms with Crippen molar-refractivity contribution in [2.75, 3.05) is 11.4 Å². The number of aryl methyl sites for hydroxylation is 1.